The Hall–Kier alpha value is -3.36. The number of amides is 1. The Morgan fingerprint density at radius 2 is 1.65 bits per heavy atom. The molecule has 37 heavy (non-hydrogen) atoms. The summed E-state index contributed by atoms with van der Waals surface area (Å²) in [5.74, 6) is -0.268. The van der Waals surface area contributed by atoms with Gasteiger partial charge in [0.15, 0.2) is 5.17 Å². The van der Waals surface area contributed by atoms with Gasteiger partial charge in [0.05, 0.1) is 4.91 Å². The number of carboxylic acids is 1. The van der Waals surface area contributed by atoms with Crippen molar-refractivity contribution in [2.45, 2.75) is 13.5 Å². The largest absolute Gasteiger partial charge is 1.00 e. The second-order valence-electron chi connectivity index (χ2n) is 7.77. The Morgan fingerprint density at radius 1 is 1.03 bits per heavy atom. The fourth-order valence-corrected chi connectivity index (χ4v) is 4.23. The molecule has 1 heterocycles. The van der Waals surface area contributed by atoms with Crippen molar-refractivity contribution in [1.29, 1.82) is 0 Å². The fraction of sp³-hybridized carbons (Fsp3) is 0.0690. The normalized spacial score (nSPS) is 14.5. The molecular weight excluding hydrogens is 495 g/mol. The number of carbonyl (C=O) groups excluding carboxylic acids is 1. The first kappa shape index (κ1) is 28.2. The molecular formula is C29H23N2NaO4S. The zero-order chi connectivity index (χ0) is 25.3. The molecule has 0 aromatic heterocycles. The Balaban J connectivity index is 0.000000711. The number of ether oxygens (including phenoxy) is 1. The molecule has 1 amide bonds. The molecule has 0 atom stereocenters. The van der Waals surface area contributed by atoms with E-state index in [1.807, 2.05) is 66.7 Å². The molecule has 2 N–H and O–H groups in total. The van der Waals surface area contributed by atoms with E-state index in [0.717, 1.165) is 40.3 Å². The summed E-state index contributed by atoms with van der Waals surface area (Å²) in [6.07, 6.45) is 1.87. The topological polar surface area (TPSA) is 88.0 Å². The van der Waals surface area contributed by atoms with Gasteiger partial charge in [0.25, 0.3) is 11.9 Å². The Labute approximate surface area is 241 Å². The van der Waals surface area contributed by atoms with E-state index >= 15 is 0 Å². The quantitative estimate of drug-likeness (QED) is 0.241. The van der Waals surface area contributed by atoms with E-state index in [9.17, 15) is 4.79 Å². The average molecular weight is 519 g/mol. The van der Waals surface area contributed by atoms with E-state index in [1.165, 1.54) is 11.8 Å². The number of carbonyl (C=O) groups is 2. The van der Waals surface area contributed by atoms with E-state index < -0.39 is 5.97 Å². The number of thioether (sulfide) groups is 1. The summed E-state index contributed by atoms with van der Waals surface area (Å²) in [6, 6.07) is 32.5. The average Bonchev–Trinajstić information content (AvgIpc) is 3.21. The summed E-state index contributed by atoms with van der Waals surface area (Å²) in [7, 11) is 0. The number of nitrogens with zero attached hydrogens (tertiary/aromatic N) is 1. The van der Waals surface area contributed by atoms with Crippen LogP contribution in [-0.4, -0.2) is 22.2 Å². The van der Waals surface area contributed by atoms with Gasteiger partial charge in [-0.3, -0.25) is 14.6 Å². The van der Waals surface area contributed by atoms with Crippen molar-refractivity contribution in [3.8, 4) is 5.75 Å². The van der Waals surface area contributed by atoms with Crippen molar-refractivity contribution in [1.82, 2.24) is 5.32 Å². The van der Waals surface area contributed by atoms with Gasteiger partial charge in [0.1, 0.15) is 12.4 Å². The summed E-state index contributed by atoms with van der Waals surface area (Å²) >= 11 is 1.32. The molecule has 0 bridgehead atoms. The van der Waals surface area contributed by atoms with E-state index in [4.69, 9.17) is 14.6 Å². The van der Waals surface area contributed by atoms with Crippen molar-refractivity contribution < 1.29 is 49.0 Å². The summed E-state index contributed by atoms with van der Waals surface area (Å²) in [4.78, 5) is 26.7. The van der Waals surface area contributed by atoms with Crippen molar-refractivity contribution in [3.63, 3.8) is 0 Å². The van der Waals surface area contributed by atoms with Crippen LogP contribution in [0.25, 0.3) is 16.8 Å². The van der Waals surface area contributed by atoms with Gasteiger partial charge in [-0.15, -0.1) is 12.1 Å². The minimum atomic E-state index is -0.833. The smallest absolute Gasteiger partial charge is 0.488 e. The summed E-state index contributed by atoms with van der Waals surface area (Å²) in [5.41, 5.74) is 2.71. The van der Waals surface area contributed by atoms with Gasteiger partial charge in [-0.1, -0.05) is 54.6 Å². The van der Waals surface area contributed by atoms with E-state index in [2.05, 4.69) is 34.6 Å². The summed E-state index contributed by atoms with van der Waals surface area (Å²) < 4.78 is 6.18. The molecule has 0 aliphatic carbocycles. The van der Waals surface area contributed by atoms with Gasteiger partial charge < -0.3 is 15.2 Å². The fourth-order valence-electron chi connectivity index (χ4n) is 3.40. The third-order valence-corrected chi connectivity index (χ3v) is 5.89. The molecule has 1 aliphatic rings. The number of aliphatic carboxylic acids is 1. The second kappa shape index (κ2) is 13.8. The van der Waals surface area contributed by atoms with Crippen LogP contribution in [0.2, 0.25) is 0 Å². The van der Waals surface area contributed by atoms with Gasteiger partial charge in [0.2, 0.25) is 0 Å². The number of carboxylic acid groups (broad SMARTS) is 1. The first-order valence-corrected chi connectivity index (χ1v) is 11.9. The van der Waals surface area contributed by atoms with Crippen LogP contribution < -0.4 is 39.6 Å². The molecule has 0 radical (unpaired) electrons. The second-order valence-corrected chi connectivity index (χ2v) is 8.80. The maximum absolute atomic E-state index is 12.6. The monoisotopic (exact) mass is 518 g/mol. The number of hydrogen-bond acceptors (Lipinski definition) is 5. The number of nitrogens with one attached hydrogen (secondary N) is 1. The van der Waals surface area contributed by atoms with Gasteiger partial charge in [0, 0.05) is 12.5 Å². The number of hydrogen-bond donors (Lipinski definition) is 2. The van der Waals surface area contributed by atoms with E-state index in [0.29, 0.717) is 16.7 Å². The summed E-state index contributed by atoms with van der Waals surface area (Å²) in [5, 5.41) is 13.0. The van der Waals surface area contributed by atoms with Crippen molar-refractivity contribution in [2.75, 3.05) is 0 Å². The SMILES string of the molecule is CC(=O)O.O=C1NC(=Nc2cc[c-]cc2)SC1=Cc1cc2ccccc2cc1OCc1ccccc1.[Na+]. The Morgan fingerprint density at radius 3 is 2.32 bits per heavy atom. The maximum Gasteiger partial charge on any atom is 1.00 e. The molecule has 0 saturated carbocycles. The molecule has 0 spiro atoms. The van der Waals surface area contributed by atoms with Crippen LogP contribution in [-0.2, 0) is 16.2 Å². The van der Waals surface area contributed by atoms with Crippen molar-refractivity contribution in [3.05, 3.63) is 113 Å². The molecule has 8 heteroatoms. The van der Waals surface area contributed by atoms with Crippen LogP contribution in [0.1, 0.15) is 18.1 Å². The minimum Gasteiger partial charge on any atom is -0.488 e. The molecule has 5 rings (SSSR count). The molecule has 4 aromatic rings. The van der Waals surface area contributed by atoms with E-state index in [-0.39, 0.29) is 35.5 Å². The molecule has 1 fully saturated rings. The Bertz CT molecular complexity index is 1440. The first-order chi connectivity index (χ1) is 17.5. The molecule has 4 aromatic carbocycles. The zero-order valence-electron chi connectivity index (χ0n) is 20.5. The third kappa shape index (κ3) is 8.33. The van der Waals surface area contributed by atoms with Crippen LogP contribution in [0.3, 0.4) is 0 Å². The number of aliphatic imine (C=N–C) groups is 1. The van der Waals surface area contributed by atoms with Crippen molar-refractivity contribution in [2.24, 2.45) is 4.99 Å². The molecule has 0 unspecified atom stereocenters. The summed E-state index contributed by atoms with van der Waals surface area (Å²) in [6.45, 7) is 1.53. The minimum absolute atomic E-state index is 0. The van der Waals surface area contributed by atoms with Gasteiger partial charge in [-0.2, -0.15) is 18.2 Å². The number of fused-ring (bicyclic) bond motifs is 1. The number of benzene rings is 4. The number of rotatable bonds is 5. The molecule has 6 nitrogen and oxygen atoms in total. The van der Waals surface area contributed by atoms with Gasteiger partial charge in [-0.05, 0) is 52.0 Å². The van der Waals surface area contributed by atoms with Crippen molar-refractivity contribution >= 4 is 51.3 Å². The van der Waals surface area contributed by atoms with E-state index in [1.54, 1.807) is 12.1 Å². The van der Waals surface area contributed by atoms with Crippen LogP contribution in [0.4, 0.5) is 5.69 Å². The Kier molecular flexibility index (Phi) is 10.5. The van der Waals surface area contributed by atoms with Crippen LogP contribution in [0.5, 0.6) is 5.75 Å². The van der Waals surface area contributed by atoms with Crippen LogP contribution in [0.15, 0.2) is 101 Å². The zero-order valence-corrected chi connectivity index (χ0v) is 23.3. The first-order valence-electron chi connectivity index (χ1n) is 11.1. The molecule has 1 aliphatic heterocycles. The molecule has 180 valence electrons. The van der Waals surface area contributed by atoms with Gasteiger partial charge >= 0.3 is 29.6 Å². The maximum atomic E-state index is 12.6. The standard InChI is InChI=1S/C27H19N2O2S.C2H4O2.Na/c30-26-25(32-27(29-26)28-23-13-5-2-6-14-23)17-22-15-20-11-7-8-12-21(20)16-24(22)31-18-19-9-3-1-4-10-19;1-2(3)4;/h1,3-17H,18H2,(H,28,29,30);1H3,(H,3,4);/q-1;;+1. The molecule has 1 saturated heterocycles. The van der Waals surface area contributed by atoms with Crippen LogP contribution in [0, 0.1) is 6.07 Å². The van der Waals surface area contributed by atoms with Gasteiger partial charge in [-0.25, -0.2) is 0 Å². The van der Waals surface area contributed by atoms with Crippen LogP contribution >= 0.6 is 11.8 Å². The number of amidine groups is 1. The predicted octanol–water partition coefficient (Wildman–Crippen LogP) is 3.21. The predicted molar refractivity (Wildman–Crippen MR) is 144 cm³/mol. The third-order valence-electron chi connectivity index (χ3n) is 4.98.